The molecular formula is C9H7ClF2O2. The Hall–Kier alpha value is -1.16. The first-order chi connectivity index (χ1) is 6.56. The molecule has 1 atom stereocenters. The largest absolute Gasteiger partial charge is 0.468 e. The molecule has 1 aromatic carbocycles. The highest BCUT2D eigenvalue weighted by atomic mass is 35.5. The van der Waals surface area contributed by atoms with Crippen molar-refractivity contribution in [2.45, 2.75) is 5.38 Å². The number of ether oxygens (including phenoxy) is 1. The van der Waals surface area contributed by atoms with Gasteiger partial charge in [0.2, 0.25) is 0 Å². The summed E-state index contributed by atoms with van der Waals surface area (Å²) in [4.78, 5) is 10.9. The topological polar surface area (TPSA) is 26.3 Å². The predicted molar refractivity (Wildman–Crippen MR) is 47.0 cm³/mol. The van der Waals surface area contributed by atoms with E-state index in [-0.39, 0.29) is 5.56 Å². The van der Waals surface area contributed by atoms with Crippen LogP contribution < -0.4 is 0 Å². The lowest BCUT2D eigenvalue weighted by Gasteiger charge is -2.08. The van der Waals surface area contributed by atoms with Crippen LogP contribution in [0.4, 0.5) is 8.78 Å². The van der Waals surface area contributed by atoms with Gasteiger partial charge in [-0.05, 0) is 6.07 Å². The van der Waals surface area contributed by atoms with Crippen molar-refractivity contribution in [3.05, 3.63) is 35.4 Å². The highest BCUT2D eigenvalue weighted by Gasteiger charge is 2.21. The smallest absolute Gasteiger partial charge is 0.328 e. The Labute approximate surface area is 84.4 Å². The van der Waals surface area contributed by atoms with Crippen molar-refractivity contribution in [2.75, 3.05) is 7.11 Å². The number of carbonyl (C=O) groups excluding carboxylic acids is 1. The lowest BCUT2D eigenvalue weighted by molar-refractivity contribution is -0.140. The van der Waals surface area contributed by atoms with Crippen LogP contribution >= 0.6 is 11.6 Å². The first kappa shape index (κ1) is 10.9. The molecule has 1 rings (SSSR count). The van der Waals surface area contributed by atoms with Crippen molar-refractivity contribution in [3.63, 3.8) is 0 Å². The Bertz CT molecular complexity index is 355. The van der Waals surface area contributed by atoms with Crippen molar-refractivity contribution >= 4 is 17.6 Å². The summed E-state index contributed by atoms with van der Waals surface area (Å²) in [6.07, 6.45) is 0. The number of hydrogen-bond acceptors (Lipinski definition) is 2. The Kier molecular flexibility index (Phi) is 3.41. The van der Waals surface area contributed by atoms with Gasteiger partial charge in [0.05, 0.1) is 7.11 Å². The second-order valence-electron chi connectivity index (χ2n) is 2.55. The summed E-state index contributed by atoms with van der Waals surface area (Å²) in [6, 6.07) is 2.80. The standard InChI is InChI=1S/C9H7ClF2O2/c1-14-9(13)8(10)6-3-2-5(11)4-7(6)12/h2-4,8H,1H3/t8-/m0/s1. The molecule has 0 spiro atoms. The van der Waals surface area contributed by atoms with Crippen LogP contribution in [0, 0.1) is 11.6 Å². The van der Waals surface area contributed by atoms with Crippen LogP contribution in [0.15, 0.2) is 18.2 Å². The van der Waals surface area contributed by atoms with Gasteiger partial charge >= 0.3 is 5.97 Å². The molecule has 0 saturated carbocycles. The van der Waals surface area contributed by atoms with E-state index >= 15 is 0 Å². The average Bonchev–Trinajstić information content (AvgIpc) is 2.15. The number of rotatable bonds is 2. The van der Waals surface area contributed by atoms with Gasteiger partial charge in [-0.3, -0.25) is 4.79 Å². The fourth-order valence-electron chi connectivity index (χ4n) is 0.937. The van der Waals surface area contributed by atoms with Crippen LogP contribution in [0.1, 0.15) is 10.9 Å². The number of methoxy groups -OCH3 is 1. The average molecular weight is 221 g/mol. The van der Waals surface area contributed by atoms with E-state index in [0.29, 0.717) is 6.07 Å². The van der Waals surface area contributed by atoms with E-state index < -0.39 is 23.0 Å². The van der Waals surface area contributed by atoms with Gasteiger partial charge < -0.3 is 4.74 Å². The van der Waals surface area contributed by atoms with Gasteiger partial charge in [-0.25, -0.2) is 8.78 Å². The van der Waals surface area contributed by atoms with Crippen LogP contribution in [-0.2, 0) is 9.53 Å². The Morgan fingerprint density at radius 2 is 2.14 bits per heavy atom. The molecule has 0 fully saturated rings. The molecule has 76 valence electrons. The molecule has 0 saturated heterocycles. The molecule has 2 nitrogen and oxygen atoms in total. The minimum absolute atomic E-state index is 0.0973. The van der Waals surface area contributed by atoms with Gasteiger partial charge in [-0.2, -0.15) is 0 Å². The van der Waals surface area contributed by atoms with Gasteiger partial charge in [0, 0.05) is 11.6 Å². The van der Waals surface area contributed by atoms with Crippen molar-refractivity contribution in [2.24, 2.45) is 0 Å². The molecule has 0 radical (unpaired) electrons. The third-order valence-corrected chi connectivity index (χ3v) is 2.06. The van der Waals surface area contributed by atoms with Gasteiger partial charge in [0.15, 0.2) is 5.38 Å². The molecule has 14 heavy (non-hydrogen) atoms. The van der Waals surface area contributed by atoms with E-state index in [0.717, 1.165) is 19.2 Å². The summed E-state index contributed by atoms with van der Waals surface area (Å²) in [5.74, 6) is -2.37. The highest BCUT2D eigenvalue weighted by molar-refractivity contribution is 6.29. The molecule has 0 aromatic heterocycles. The zero-order chi connectivity index (χ0) is 10.7. The van der Waals surface area contributed by atoms with Gasteiger partial charge in [0.1, 0.15) is 11.6 Å². The Morgan fingerprint density at radius 1 is 1.50 bits per heavy atom. The first-order valence-corrected chi connectivity index (χ1v) is 4.16. The van der Waals surface area contributed by atoms with E-state index in [2.05, 4.69) is 4.74 Å². The Morgan fingerprint density at radius 3 is 2.64 bits per heavy atom. The van der Waals surface area contributed by atoms with E-state index in [4.69, 9.17) is 11.6 Å². The van der Waals surface area contributed by atoms with Crippen LogP contribution in [-0.4, -0.2) is 13.1 Å². The van der Waals surface area contributed by atoms with E-state index in [1.165, 1.54) is 0 Å². The SMILES string of the molecule is COC(=O)[C@@H](Cl)c1ccc(F)cc1F. The zero-order valence-corrected chi connectivity index (χ0v) is 8.02. The molecule has 0 unspecified atom stereocenters. The summed E-state index contributed by atoms with van der Waals surface area (Å²) < 4.78 is 29.9. The maximum Gasteiger partial charge on any atom is 0.328 e. The number of esters is 1. The molecule has 5 heteroatoms. The lowest BCUT2D eigenvalue weighted by atomic mass is 10.1. The van der Waals surface area contributed by atoms with Gasteiger partial charge in [-0.1, -0.05) is 6.07 Å². The van der Waals surface area contributed by atoms with Gasteiger partial charge in [0.25, 0.3) is 0 Å². The van der Waals surface area contributed by atoms with Crippen molar-refractivity contribution in [3.8, 4) is 0 Å². The first-order valence-electron chi connectivity index (χ1n) is 3.73. The maximum absolute atomic E-state index is 13.1. The van der Waals surface area contributed by atoms with Crippen molar-refractivity contribution in [1.82, 2.24) is 0 Å². The minimum Gasteiger partial charge on any atom is -0.468 e. The number of benzene rings is 1. The third kappa shape index (κ3) is 2.20. The van der Waals surface area contributed by atoms with Crippen molar-refractivity contribution < 1.29 is 18.3 Å². The summed E-state index contributed by atoms with van der Waals surface area (Å²) in [6.45, 7) is 0. The van der Waals surface area contributed by atoms with Crippen LogP contribution in [0.2, 0.25) is 0 Å². The molecule has 0 aliphatic heterocycles. The monoisotopic (exact) mass is 220 g/mol. The minimum atomic E-state index is -1.25. The second-order valence-corrected chi connectivity index (χ2v) is 2.99. The van der Waals surface area contributed by atoms with Crippen LogP contribution in [0.3, 0.4) is 0 Å². The number of halogens is 3. The Balaban J connectivity index is 3.01. The maximum atomic E-state index is 13.1. The van der Waals surface area contributed by atoms with Gasteiger partial charge in [-0.15, -0.1) is 11.6 Å². The zero-order valence-electron chi connectivity index (χ0n) is 7.26. The summed E-state index contributed by atoms with van der Waals surface area (Å²) in [5, 5.41) is -1.25. The van der Waals surface area contributed by atoms with Crippen LogP contribution in [0.5, 0.6) is 0 Å². The quantitative estimate of drug-likeness (QED) is 0.565. The fraction of sp³-hybridized carbons (Fsp3) is 0.222. The fourth-order valence-corrected chi connectivity index (χ4v) is 1.20. The molecule has 0 aliphatic carbocycles. The van der Waals surface area contributed by atoms with E-state index in [1.54, 1.807) is 0 Å². The van der Waals surface area contributed by atoms with E-state index in [1.807, 2.05) is 0 Å². The predicted octanol–water partition coefficient (Wildman–Crippen LogP) is 2.42. The van der Waals surface area contributed by atoms with Crippen LogP contribution in [0.25, 0.3) is 0 Å². The molecule has 0 heterocycles. The lowest BCUT2D eigenvalue weighted by Crippen LogP contribution is -2.10. The van der Waals surface area contributed by atoms with Crippen molar-refractivity contribution in [1.29, 1.82) is 0 Å². The second kappa shape index (κ2) is 4.37. The molecular weight excluding hydrogens is 214 g/mol. The third-order valence-electron chi connectivity index (χ3n) is 1.64. The summed E-state index contributed by atoms with van der Waals surface area (Å²) in [7, 11) is 1.14. The highest BCUT2D eigenvalue weighted by Crippen LogP contribution is 2.24. The number of carbonyl (C=O) groups is 1. The summed E-state index contributed by atoms with van der Waals surface area (Å²) >= 11 is 5.58. The molecule has 0 aliphatic rings. The summed E-state index contributed by atoms with van der Waals surface area (Å²) in [5.41, 5.74) is -0.0973. The normalized spacial score (nSPS) is 12.3. The molecule has 0 N–H and O–H groups in total. The number of hydrogen-bond donors (Lipinski definition) is 0. The molecule has 0 bridgehead atoms. The molecule has 0 amide bonds. The molecule has 1 aromatic rings. The number of alkyl halides is 1. The van der Waals surface area contributed by atoms with E-state index in [9.17, 15) is 13.6 Å².